The van der Waals surface area contributed by atoms with Crippen molar-refractivity contribution in [3.8, 4) is 0 Å². The summed E-state index contributed by atoms with van der Waals surface area (Å²) in [6.07, 6.45) is 1.92. The zero-order valence-corrected chi connectivity index (χ0v) is 12.3. The molecule has 0 aromatic heterocycles. The molecule has 0 aliphatic carbocycles. The number of anilines is 1. The van der Waals surface area contributed by atoms with Crippen LogP contribution in [-0.2, 0) is 9.59 Å². The third-order valence-corrected chi connectivity index (χ3v) is 4.43. The smallest absolute Gasteiger partial charge is 0.249 e. The molecule has 1 atom stereocenters. The summed E-state index contributed by atoms with van der Waals surface area (Å²) in [5.41, 5.74) is 0.589. The van der Waals surface area contributed by atoms with E-state index in [0.29, 0.717) is 35.2 Å². The first-order valence-electron chi connectivity index (χ1n) is 6.64. The highest BCUT2D eigenvalue weighted by Crippen LogP contribution is 2.33. The quantitative estimate of drug-likeness (QED) is 0.800. The van der Waals surface area contributed by atoms with Gasteiger partial charge in [-0.1, -0.05) is 23.2 Å². The molecule has 4 nitrogen and oxygen atoms in total. The van der Waals surface area contributed by atoms with E-state index >= 15 is 0 Å². The summed E-state index contributed by atoms with van der Waals surface area (Å²) in [5.74, 6) is -0.0148. The fourth-order valence-electron chi connectivity index (χ4n) is 2.89. The maximum absolute atomic E-state index is 12.7. The predicted molar refractivity (Wildman–Crippen MR) is 78.2 cm³/mol. The van der Waals surface area contributed by atoms with E-state index in [4.69, 9.17) is 23.2 Å². The van der Waals surface area contributed by atoms with Crippen molar-refractivity contribution in [1.82, 2.24) is 4.90 Å². The molecule has 0 bridgehead atoms. The molecule has 2 heterocycles. The van der Waals surface area contributed by atoms with Gasteiger partial charge in [-0.05, 0) is 31.0 Å². The van der Waals surface area contributed by atoms with Crippen LogP contribution in [0.5, 0.6) is 0 Å². The number of carbonyl (C=O) groups excluding carboxylic acids is 2. The predicted octanol–water partition coefficient (Wildman–Crippen LogP) is 2.72. The molecular formula is C14H14Cl2N2O2. The second kappa shape index (κ2) is 5.26. The van der Waals surface area contributed by atoms with Crippen LogP contribution in [0, 0.1) is 0 Å². The molecule has 1 aromatic carbocycles. The van der Waals surface area contributed by atoms with E-state index < -0.39 is 0 Å². The fraction of sp³-hybridized carbons (Fsp3) is 0.429. The molecule has 0 spiro atoms. The number of benzene rings is 1. The Kier molecular flexibility index (Phi) is 3.61. The van der Waals surface area contributed by atoms with Crippen molar-refractivity contribution in [3.63, 3.8) is 0 Å². The number of halogens is 2. The van der Waals surface area contributed by atoms with E-state index in [0.717, 1.165) is 12.8 Å². The minimum Gasteiger partial charge on any atom is -0.331 e. The molecule has 2 saturated heterocycles. The SMILES string of the molecule is O=C1C2CCCN2C(=O)CCN1c1cc(Cl)ccc1Cl. The minimum atomic E-state index is -0.347. The highest BCUT2D eigenvalue weighted by atomic mass is 35.5. The van der Waals surface area contributed by atoms with Gasteiger partial charge in [0.1, 0.15) is 6.04 Å². The molecule has 0 radical (unpaired) electrons. The number of nitrogens with zero attached hydrogens (tertiary/aromatic N) is 2. The van der Waals surface area contributed by atoms with Crippen LogP contribution >= 0.6 is 23.2 Å². The van der Waals surface area contributed by atoms with Crippen LogP contribution in [0.2, 0.25) is 10.0 Å². The minimum absolute atomic E-state index is 0.0431. The Labute approximate surface area is 127 Å². The number of amides is 2. The van der Waals surface area contributed by atoms with E-state index in [2.05, 4.69) is 0 Å². The number of carbonyl (C=O) groups is 2. The zero-order chi connectivity index (χ0) is 14.3. The molecule has 3 rings (SSSR count). The van der Waals surface area contributed by atoms with Gasteiger partial charge in [-0.2, -0.15) is 0 Å². The summed E-state index contributed by atoms with van der Waals surface area (Å²) in [6.45, 7) is 1.02. The first-order chi connectivity index (χ1) is 9.58. The lowest BCUT2D eigenvalue weighted by Crippen LogP contribution is -2.43. The molecule has 0 N–H and O–H groups in total. The van der Waals surface area contributed by atoms with Gasteiger partial charge in [0.05, 0.1) is 10.7 Å². The Bertz CT molecular complexity index is 576. The lowest BCUT2D eigenvalue weighted by atomic mass is 10.2. The fourth-order valence-corrected chi connectivity index (χ4v) is 3.28. The molecule has 106 valence electrons. The van der Waals surface area contributed by atoms with E-state index in [9.17, 15) is 9.59 Å². The lowest BCUT2D eigenvalue weighted by molar-refractivity contribution is -0.135. The summed E-state index contributed by atoms with van der Waals surface area (Å²) in [4.78, 5) is 28.0. The maximum atomic E-state index is 12.7. The van der Waals surface area contributed by atoms with Gasteiger partial charge in [-0.15, -0.1) is 0 Å². The van der Waals surface area contributed by atoms with E-state index in [-0.39, 0.29) is 17.9 Å². The second-order valence-electron chi connectivity index (χ2n) is 5.08. The molecule has 2 fully saturated rings. The highest BCUT2D eigenvalue weighted by Gasteiger charge is 2.40. The molecule has 2 aliphatic rings. The molecule has 6 heteroatoms. The topological polar surface area (TPSA) is 40.6 Å². The van der Waals surface area contributed by atoms with Crippen molar-refractivity contribution in [3.05, 3.63) is 28.2 Å². The van der Waals surface area contributed by atoms with Crippen molar-refractivity contribution in [2.45, 2.75) is 25.3 Å². The standard InChI is InChI=1S/C14H14Cl2N2O2/c15-9-3-4-10(16)12(8-9)18-7-5-13(19)17-6-1-2-11(17)14(18)20/h3-4,8,11H,1-2,5-7H2. The van der Waals surface area contributed by atoms with Crippen molar-refractivity contribution in [2.75, 3.05) is 18.0 Å². The van der Waals surface area contributed by atoms with Crippen LogP contribution in [-0.4, -0.2) is 35.8 Å². The summed E-state index contributed by atoms with van der Waals surface area (Å²) < 4.78 is 0. The van der Waals surface area contributed by atoms with Gasteiger partial charge >= 0.3 is 0 Å². The lowest BCUT2D eigenvalue weighted by Gasteiger charge is -2.26. The van der Waals surface area contributed by atoms with Crippen molar-refractivity contribution in [1.29, 1.82) is 0 Å². The van der Waals surface area contributed by atoms with Gasteiger partial charge in [0.25, 0.3) is 0 Å². The van der Waals surface area contributed by atoms with E-state index in [1.54, 1.807) is 28.0 Å². The molecule has 2 aliphatic heterocycles. The van der Waals surface area contributed by atoms with Gasteiger partial charge in [0.2, 0.25) is 11.8 Å². The van der Waals surface area contributed by atoms with Crippen molar-refractivity contribution in [2.24, 2.45) is 0 Å². The molecule has 1 unspecified atom stereocenters. The van der Waals surface area contributed by atoms with Crippen LogP contribution in [0.25, 0.3) is 0 Å². The first kappa shape index (κ1) is 13.7. The van der Waals surface area contributed by atoms with Crippen molar-refractivity contribution >= 4 is 40.7 Å². The molecular weight excluding hydrogens is 299 g/mol. The molecule has 1 aromatic rings. The monoisotopic (exact) mass is 312 g/mol. The van der Waals surface area contributed by atoms with Gasteiger partial charge in [-0.25, -0.2) is 0 Å². The Morgan fingerprint density at radius 1 is 1.15 bits per heavy atom. The Morgan fingerprint density at radius 2 is 1.95 bits per heavy atom. The molecule has 20 heavy (non-hydrogen) atoms. The van der Waals surface area contributed by atoms with E-state index in [1.807, 2.05) is 0 Å². The third kappa shape index (κ3) is 2.27. The van der Waals surface area contributed by atoms with Crippen LogP contribution in [0.1, 0.15) is 19.3 Å². The Hall–Kier alpha value is -1.26. The zero-order valence-electron chi connectivity index (χ0n) is 10.8. The summed E-state index contributed by atoms with van der Waals surface area (Å²) in [7, 11) is 0. The van der Waals surface area contributed by atoms with Crippen LogP contribution in [0.3, 0.4) is 0 Å². The molecule has 0 saturated carbocycles. The van der Waals surface area contributed by atoms with Gasteiger partial charge in [0.15, 0.2) is 0 Å². The van der Waals surface area contributed by atoms with Crippen molar-refractivity contribution < 1.29 is 9.59 Å². The first-order valence-corrected chi connectivity index (χ1v) is 7.39. The summed E-state index contributed by atoms with van der Waals surface area (Å²) >= 11 is 12.2. The van der Waals surface area contributed by atoms with Gasteiger partial charge in [0, 0.05) is 24.5 Å². The summed E-state index contributed by atoms with van der Waals surface area (Å²) in [5, 5.41) is 0.998. The highest BCUT2D eigenvalue weighted by molar-refractivity contribution is 6.35. The maximum Gasteiger partial charge on any atom is 0.249 e. The Morgan fingerprint density at radius 3 is 2.75 bits per heavy atom. The average Bonchev–Trinajstić information content (AvgIpc) is 2.87. The number of hydrogen-bond donors (Lipinski definition) is 0. The number of hydrogen-bond acceptors (Lipinski definition) is 2. The normalized spacial score (nSPS) is 23.0. The van der Waals surface area contributed by atoms with E-state index in [1.165, 1.54) is 0 Å². The van der Waals surface area contributed by atoms with Crippen LogP contribution in [0.4, 0.5) is 5.69 Å². The largest absolute Gasteiger partial charge is 0.331 e. The average molecular weight is 313 g/mol. The third-order valence-electron chi connectivity index (χ3n) is 3.87. The van der Waals surface area contributed by atoms with Gasteiger partial charge in [-0.3, -0.25) is 9.59 Å². The van der Waals surface area contributed by atoms with Gasteiger partial charge < -0.3 is 9.80 Å². The van der Waals surface area contributed by atoms with Crippen LogP contribution in [0.15, 0.2) is 18.2 Å². The Balaban J connectivity index is 1.98. The number of fused-ring (bicyclic) bond motifs is 1. The molecule has 2 amide bonds. The summed E-state index contributed by atoms with van der Waals surface area (Å²) in [6, 6.07) is 4.69. The number of rotatable bonds is 1. The second-order valence-corrected chi connectivity index (χ2v) is 5.92. The van der Waals surface area contributed by atoms with Crippen LogP contribution < -0.4 is 4.90 Å².